The summed E-state index contributed by atoms with van der Waals surface area (Å²) in [7, 11) is -4.53. The molecular formula is C11H15LiO5SSi. The standard InChI is InChI=1S/C11H14O5SSi.Li.H/c1-11(2,3)18-16-10(12)8-6-4-5-7-9(8)17(13,14)15;;/h4-7H,1-3H3,(H,13,14,15);;/q;+1;-1. The largest absolute Gasteiger partial charge is 1.00 e. The van der Waals surface area contributed by atoms with Gasteiger partial charge in [-0.2, -0.15) is 8.42 Å². The van der Waals surface area contributed by atoms with E-state index in [0.717, 1.165) is 6.07 Å². The number of hydrogen-bond donors (Lipinski definition) is 1. The Hall–Kier alpha value is -0.586. The summed E-state index contributed by atoms with van der Waals surface area (Å²) >= 11 is 0. The SMILES string of the molecule is CC(C)(C)[Si]OC(=O)c1ccccc1S(=O)(=O)O.[H-].[Li+]. The van der Waals surface area contributed by atoms with Gasteiger partial charge in [-0.25, -0.2) is 4.79 Å². The van der Waals surface area contributed by atoms with Crippen LogP contribution in [-0.2, 0) is 14.5 Å². The van der Waals surface area contributed by atoms with Gasteiger partial charge in [0.2, 0.25) is 0 Å². The molecule has 1 aromatic rings. The Balaban J connectivity index is 0. The molecule has 100 valence electrons. The molecule has 0 saturated heterocycles. The minimum atomic E-state index is -4.43. The topological polar surface area (TPSA) is 80.7 Å². The van der Waals surface area contributed by atoms with Crippen molar-refractivity contribution in [2.45, 2.75) is 30.7 Å². The first-order valence-electron chi connectivity index (χ1n) is 5.16. The zero-order valence-electron chi connectivity index (χ0n) is 12.3. The second-order valence-electron chi connectivity index (χ2n) is 4.71. The molecule has 0 heterocycles. The Kier molecular flexibility index (Phi) is 6.52. The third-order valence-corrected chi connectivity index (χ3v) is 3.65. The van der Waals surface area contributed by atoms with Crippen LogP contribution in [0, 0.1) is 0 Å². The second-order valence-corrected chi connectivity index (χ2v) is 8.01. The van der Waals surface area contributed by atoms with Gasteiger partial charge in [-0.1, -0.05) is 32.9 Å². The van der Waals surface area contributed by atoms with E-state index in [1.54, 1.807) is 0 Å². The van der Waals surface area contributed by atoms with Crippen LogP contribution >= 0.6 is 0 Å². The number of rotatable bonds is 3. The Labute approximate surface area is 129 Å². The first-order valence-corrected chi connectivity index (χ1v) is 7.51. The minimum absolute atomic E-state index is 0. The fourth-order valence-electron chi connectivity index (χ4n) is 1.11. The van der Waals surface area contributed by atoms with E-state index in [1.807, 2.05) is 20.8 Å². The fourth-order valence-corrected chi connectivity index (χ4v) is 2.30. The molecule has 0 amide bonds. The maximum atomic E-state index is 11.8. The van der Waals surface area contributed by atoms with E-state index in [-0.39, 0.29) is 40.7 Å². The average molecular weight is 294 g/mol. The predicted molar refractivity (Wildman–Crippen MR) is 68.3 cm³/mol. The van der Waals surface area contributed by atoms with Gasteiger partial charge in [-0.05, 0) is 17.2 Å². The van der Waals surface area contributed by atoms with Crippen LogP contribution in [0.3, 0.4) is 0 Å². The van der Waals surface area contributed by atoms with Crippen molar-refractivity contribution in [3.05, 3.63) is 29.8 Å². The quantitative estimate of drug-likeness (QED) is 0.574. The molecule has 0 aliphatic heterocycles. The van der Waals surface area contributed by atoms with Crippen molar-refractivity contribution in [3.8, 4) is 0 Å². The number of carbonyl (C=O) groups excluding carboxylic acids is 1. The molecule has 8 heteroatoms. The number of hydrogen-bond acceptors (Lipinski definition) is 4. The van der Waals surface area contributed by atoms with E-state index in [9.17, 15) is 13.2 Å². The third kappa shape index (κ3) is 5.93. The predicted octanol–water partition coefficient (Wildman–Crippen LogP) is -0.956. The van der Waals surface area contributed by atoms with E-state index in [1.165, 1.54) is 18.2 Å². The summed E-state index contributed by atoms with van der Waals surface area (Å²) < 4.78 is 36.3. The smallest absolute Gasteiger partial charge is 1.00 e. The van der Waals surface area contributed by atoms with Crippen LogP contribution in [0.15, 0.2) is 29.2 Å². The molecule has 1 rings (SSSR count). The van der Waals surface area contributed by atoms with Gasteiger partial charge in [0.15, 0.2) is 0 Å². The summed E-state index contributed by atoms with van der Waals surface area (Å²) in [5.41, 5.74) is -0.156. The molecule has 0 unspecified atom stereocenters. The third-order valence-electron chi connectivity index (χ3n) is 1.83. The van der Waals surface area contributed by atoms with Crippen molar-refractivity contribution in [1.29, 1.82) is 0 Å². The molecule has 19 heavy (non-hydrogen) atoms. The first kappa shape index (κ1) is 18.4. The molecule has 2 radical (unpaired) electrons. The van der Waals surface area contributed by atoms with Crippen molar-refractivity contribution < 1.29 is 42.5 Å². The van der Waals surface area contributed by atoms with Crippen LogP contribution in [0.1, 0.15) is 32.6 Å². The maximum Gasteiger partial charge on any atom is 1.00 e. The monoisotopic (exact) mass is 294 g/mol. The van der Waals surface area contributed by atoms with Gasteiger partial charge >= 0.3 is 34.6 Å². The molecule has 5 nitrogen and oxygen atoms in total. The maximum absolute atomic E-state index is 11.8. The molecule has 0 atom stereocenters. The van der Waals surface area contributed by atoms with E-state index in [0.29, 0.717) is 0 Å². The Morgan fingerprint density at radius 1 is 1.32 bits per heavy atom. The van der Waals surface area contributed by atoms with Crippen molar-refractivity contribution in [1.82, 2.24) is 0 Å². The summed E-state index contributed by atoms with van der Waals surface area (Å²) in [6.45, 7) is 5.69. The van der Waals surface area contributed by atoms with Crippen molar-refractivity contribution in [2.75, 3.05) is 0 Å². The Morgan fingerprint density at radius 2 is 1.84 bits per heavy atom. The summed E-state index contributed by atoms with van der Waals surface area (Å²) in [6, 6.07) is 5.39. The summed E-state index contributed by atoms with van der Waals surface area (Å²) in [5, 5.41) is -0.192. The molecule has 0 aliphatic rings. The first-order chi connectivity index (χ1) is 8.11. The van der Waals surface area contributed by atoms with E-state index >= 15 is 0 Å². The van der Waals surface area contributed by atoms with Gasteiger partial charge in [-0.15, -0.1) is 0 Å². The average Bonchev–Trinajstić information content (AvgIpc) is 2.24. The molecule has 0 aliphatic carbocycles. The van der Waals surface area contributed by atoms with Crippen LogP contribution in [0.2, 0.25) is 5.04 Å². The summed E-state index contributed by atoms with van der Waals surface area (Å²) in [4.78, 5) is 11.3. The molecule has 0 aromatic heterocycles. The number of carbonyl (C=O) groups is 1. The molecule has 1 aromatic carbocycles. The number of benzene rings is 1. The van der Waals surface area contributed by atoms with Crippen LogP contribution in [0.5, 0.6) is 0 Å². The van der Waals surface area contributed by atoms with E-state index in [2.05, 4.69) is 0 Å². The zero-order chi connectivity index (χ0) is 14.0. The van der Waals surface area contributed by atoms with Crippen LogP contribution in [0.25, 0.3) is 0 Å². The normalized spacial score (nSPS) is 11.6. The van der Waals surface area contributed by atoms with Gasteiger partial charge in [0.25, 0.3) is 10.1 Å². The van der Waals surface area contributed by atoms with Crippen LogP contribution < -0.4 is 18.9 Å². The van der Waals surface area contributed by atoms with E-state index < -0.39 is 21.0 Å². The molecule has 0 spiro atoms. The minimum Gasteiger partial charge on any atom is -1.00 e. The zero-order valence-corrected chi connectivity index (χ0v) is 13.1. The molecule has 0 saturated carbocycles. The molecule has 1 N–H and O–H groups in total. The van der Waals surface area contributed by atoms with Gasteiger partial charge in [-0.3, -0.25) is 4.55 Å². The second kappa shape index (κ2) is 6.72. The van der Waals surface area contributed by atoms with Crippen molar-refractivity contribution in [3.63, 3.8) is 0 Å². The van der Waals surface area contributed by atoms with Gasteiger partial charge in [0.05, 0.1) is 5.56 Å². The van der Waals surface area contributed by atoms with Gasteiger partial charge < -0.3 is 5.85 Å². The Bertz CT molecular complexity index is 556. The van der Waals surface area contributed by atoms with Gasteiger partial charge in [0, 0.05) is 0 Å². The van der Waals surface area contributed by atoms with Crippen LogP contribution in [0.4, 0.5) is 0 Å². The summed E-state index contributed by atoms with van der Waals surface area (Å²) in [5.74, 6) is -0.753. The molecule has 0 bridgehead atoms. The molecule has 0 fully saturated rings. The van der Waals surface area contributed by atoms with Crippen molar-refractivity contribution >= 4 is 25.9 Å². The van der Waals surface area contributed by atoms with Crippen molar-refractivity contribution in [2.24, 2.45) is 0 Å². The summed E-state index contributed by atoms with van der Waals surface area (Å²) in [6.07, 6.45) is 0. The fraction of sp³-hybridized carbons (Fsp3) is 0.364. The van der Waals surface area contributed by atoms with E-state index in [4.69, 9.17) is 8.98 Å². The van der Waals surface area contributed by atoms with Crippen LogP contribution in [-0.4, -0.2) is 28.7 Å². The van der Waals surface area contributed by atoms with Gasteiger partial charge in [0.1, 0.15) is 4.90 Å². The molecular weight excluding hydrogens is 279 g/mol. The Morgan fingerprint density at radius 3 is 2.32 bits per heavy atom.